The first kappa shape index (κ1) is 12.0. The van der Waals surface area contributed by atoms with Crippen LogP contribution in [-0.4, -0.2) is 18.6 Å². The van der Waals surface area contributed by atoms with Crippen LogP contribution in [0.15, 0.2) is 0 Å². The molecule has 1 atom stereocenters. The second-order valence-electron chi connectivity index (χ2n) is 6.86. The van der Waals surface area contributed by atoms with Crippen molar-refractivity contribution >= 4 is 0 Å². The second kappa shape index (κ2) is 4.89. The van der Waals surface area contributed by atoms with Gasteiger partial charge in [0.05, 0.1) is 0 Å². The fourth-order valence-electron chi connectivity index (χ4n) is 4.21. The van der Waals surface area contributed by atoms with E-state index in [4.69, 9.17) is 5.73 Å². The summed E-state index contributed by atoms with van der Waals surface area (Å²) < 4.78 is 0. The molecule has 0 bridgehead atoms. The van der Waals surface area contributed by atoms with Crippen LogP contribution in [0, 0.1) is 17.8 Å². The van der Waals surface area contributed by atoms with Crippen LogP contribution >= 0.6 is 0 Å². The summed E-state index contributed by atoms with van der Waals surface area (Å²) in [6, 6.07) is 0. The predicted octanol–water partition coefficient (Wildman–Crippen LogP) is 2.67. The van der Waals surface area contributed by atoms with Crippen LogP contribution < -0.4 is 11.1 Å². The fraction of sp³-hybridized carbons (Fsp3) is 1.00. The molecule has 98 valence electrons. The van der Waals surface area contributed by atoms with E-state index in [2.05, 4.69) is 5.32 Å². The van der Waals surface area contributed by atoms with Crippen LogP contribution in [0.1, 0.15) is 57.8 Å². The maximum atomic E-state index is 6.41. The predicted molar refractivity (Wildman–Crippen MR) is 71.8 cm³/mol. The standard InChI is InChI=1S/C15H28N2/c16-15(7-8-15)11-14(12-3-1-2-4-12)13-5-9-17-10-6-13/h12-14,17H,1-11,16H2/t14-/m0/s1. The van der Waals surface area contributed by atoms with E-state index in [1.54, 1.807) is 0 Å². The molecule has 1 saturated heterocycles. The van der Waals surface area contributed by atoms with Gasteiger partial charge in [-0.1, -0.05) is 25.7 Å². The van der Waals surface area contributed by atoms with Gasteiger partial charge in [-0.2, -0.15) is 0 Å². The van der Waals surface area contributed by atoms with E-state index in [0.29, 0.717) is 0 Å². The molecular weight excluding hydrogens is 208 g/mol. The summed E-state index contributed by atoms with van der Waals surface area (Å²) in [5, 5.41) is 3.51. The second-order valence-corrected chi connectivity index (χ2v) is 6.86. The van der Waals surface area contributed by atoms with Crippen LogP contribution in [0.5, 0.6) is 0 Å². The van der Waals surface area contributed by atoms with Gasteiger partial charge in [-0.3, -0.25) is 0 Å². The molecule has 0 radical (unpaired) electrons. The Bertz CT molecular complexity index is 248. The third kappa shape index (κ3) is 2.85. The van der Waals surface area contributed by atoms with E-state index in [1.165, 1.54) is 70.9 Å². The van der Waals surface area contributed by atoms with Crippen molar-refractivity contribution in [2.24, 2.45) is 23.5 Å². The highest BCUT2D eigenvalue weighted by atomic mass is 14.9. The molecule has 2 saturated carbocycles. The smallest absolute Gasteiger partial charge is 0.0158 e. The number of nitrogens with two attached hydrogens (primary N) is 1. The Morgan fingerprint density at radius 2 is 1.59 bits per heavy atom. The molecule has 2 heteroatoms. The van der Waals surface area contributed by atoms with Crippen LogP contribution in [0.4, 0.5) is 0 Å². The molecule has 17 heavy (non-hydrogen) atoms. The molecule has 3 aliphatic rings. The van der Waals surface area contributed by atoms with Gasteiger partial charge in [-0.05, 0) is 62.9 Å². The third-order valence-corrected chi connectivity index (χ3v) is 5.53. The van der Waals surface area contributed by atoms with E-state index in [0.717, 1.165) is 17.8 Å². The van der Waals surface area contributed by atoms with Gasteiger partial charge in [0.2, 0.25) is 0 Å². The van der Waals surface area contributed by atoms with Gasteiger partial charge in [0, 0.05) is 5.54 Å². The lowest BCUT2D eigenvalue weighted by Gasteiger charge is -2.36. The maximum absolute atomic E-state index is 6.41. The number of nitrogens with one attached hydrogen (secondary N) is 1. The fourth-order valence-corrected chi connectivity index (χ4v) is 4.21. The minimum Gasteiger partial charge on any atom is -0.325 e. The minimum absolute atomic E-state index is 0.262. The quantitative estimate of drug-likeness (QED) is 0.787. The zero-order valence-corrected chi connectivity index (χ0v) is 11.1. The summed E-state index contributed by atoms with van der Waals surface area (Å²) in [5.74, 6) is 2.94. The number of hydrogen-bond donors (Lipinski definition) is 2. The molecule has 1 heterocycles. The SMILES string of the molecule is NC1(C[C@@H](C2CCCC2)C2CCNCC2)CC1. The number of hydrogen-bond acceptors (Lipinski definition) is 2. The first-order valence-corrected chi connectivity index (χ1v) is 7.76. The van der Waals surface area contributed by atoms with Crippen molar-refractivity contribution in [1.29, 1.82) is 0 Å². The topological polar surface area (TPSA) is 38.0 Å². The van der Waals surface area contributed by atoms with Gasteiger partial charge in [0.25, 0.3) is 0 Å². The Balaban J connectivity index is 1.65. The Morgan fingerprint density at radius 1 is 1.00 bits per heavy atom. The summed E-state index contributed by atoms with van der Waals surface area (Å²) in [4.78, 5) is 0. The molecular formula is C15H28N2. The van der Waals surface area contributed by atoms with Gasteiger partial charge >= 0.3 is 0 Å². The number of piperidine rings is 1. The van der Waals surface area contributed by atoms with E-state index < -0.39 is 0 Å². The lowest BCUT2D eigenvalue weighted by molar-refractivity contribution is 0.162. The van der Waals surface area contributed by atoms with Crippen molar-refractivity contribution in [3.8, 4) is 0 Å². The van der Waals surface area contributed by atoms with Crippen molar-refractivity contribution in [3.63, 3.8) is 0 Å². The molecule has 0 spiro atoms. The molecule has 3 N–H and O–H groups in total. The van der Waals surface area contributed by atoms with E-state index in [1.807, 2.05) is 0 Å². The van der Waals surface area contributed by atoms with E-state index in [9.17, 15) is 0 Å². The Kier molecular flexibility index (Phi) is 3.45. The summed E-state index contributed by atoms with van der Waals surface area (Å²) in [5.41, 5.74) is 6.67. The Morgan fingerprint density at radius 3 is 2.18 bits per heavy atom. The molecule has 3 rings (SSSR count). The summed E-state index contributed by atoms with van der Waals surface area (Å²) in [7, 11) is 0. The first-order valence-electron chi connectivity index (χ1n) is 7.76. The van der Waals surface area contributed by atoms with Crippen LogP contribution in [0.3, 0.4) is 0 Å². The van der Waals surface area contributed by atoms with E-state index >= 15 is 0 Å². The highest BCUT2D eigenvalue weighted by molar-refractivity contribution is 5.02. The summed E-state index contributed by atoms with van der Waals surface area (Å²) in [6.07, 6.45) is 12.7. The van der Waals surface area contributed by atoms with Crippen molar-refractivity contribution in [1.82, 2.24) is 5.32 Å². The Hall–Kier alpha value is -0.0800. The van der Waals surface area contributed by atoms with Gasteiger partial charge in [0.15, 0.2) is 0 Å². The average Bonchev–Trinajstić information content (AvgIpc) is 2.88. The van der Waals surface area contributed by atoms with Gasteiger partial charge < -0.3 is 11.1 Å². The van der Waals surface area contributed by atoms with Crippen molar-refractivity contribution < 1.29 is 0 Å². The molecule has 0 amide bonds. The average molecular weight is 236 g/mol. The molecule has 0 aromatic carbocycles. The normalized spacial score (nSPS) is 31.6. The summed E-state index contributed by atoms with van der Waals surface area (Å²) in [6.45, 7) is 2.48. The Labute approximate surface area is 106 Å². The van der Waals surface area contributed by atoms with Crippen molar-refractivity contribution in [2.45, 2.75) is 63.3 Å². The van der Waals surface area contributed by atoms with Gasteiger partial charge in [0.1, 0.15) is 0 Å². The number of rotatable bonds is 4. The molecule has 0 aromatic heterocycles. The lowest BCUT2D eigenvalue weighted by Crippen LogP contribution is -2.37. The monoisotopic (exact) mass is 236 g/mol. The molecule has 1 aliphatic heterocycles. The molecule has 0 unspecified atom stereocenters. The zero-order chi connectivity index (χ0) is 11.7. The largest absolute Gasteiger partial charge is 0.325 e. The maximum Gasteiger partial charge on any atom is 0.0158 e. The first-order chi connectivity index (χ1) is 8.27. The molecule has 2 aliphatic carbocycles. The molecule has 2 nitrogen and oxygen atoms in total. The highest BCUT2D eigenvalue weighted by Gasteiger charge is 2.44. The minimum atomic E-state index is 0.262. The third-order valence-electron chi connectivity index (χ3n) is 5.53. The van der Waals surface area contributed by atoms with Crippen LogP contribution in [-0.2, 0) is 0 Å². The highest BCUT2D eigenvalue weighted by Crippen LogP contribution is 2.47. The van der Waals surface area contributed by atoms with Crippen LogP contribution in [0.2, 0.25) is 0 Å². The molecule has 0 aromatic rings. The lowest BCUT2D eigenvalue weighted by atomic mass is 9.72. The zero-order valence-electron chi connectivity index (χ0n) is 11.1. The van der Waals surface area contributed by atoms with Crippen molar-refractivity contribution in [3.05, 3.63) is 0 Å². The van der Waals surface area contributed by atoms with Crippen LogP contribution in [0.25, 0.3) is 0 Å². The van der Waals surface area contributed by atoms with E-state index in [-0.39, 0.29) is 5.54 Å². The van der Waals surface area contributed by atoms with Crippen molar-refractivity contribution in [2.75, 3.05) is 13.1 Å². The molecule has 3 fully saturated rings. The van der Waals surface area contributed by atoms with Gasteiger partial charge in [-0.15, -0.1) is 0 Å². The summed E-state index contributed by atoms with van der Waals surface area (Å²) >= 11 is 0. The van der Waals surface area contributed by atoms with Gasteiger partial charge in [-0.25, -0.2) is 0 Å².